The molecule has 1 aromatic heterocycles. The van der Waals surface area contributed by atoms with Gasteiger partial charge in [0.15, 0.2) is 0 Å². The Morgan fingerprint density at radius 3 is 2.78 bits per heavy atom. The zero-order valence-electron chi connectivity index (χ0n) is 16.3. The molecule has 0 radical (unpaired) electrons. The molecule has 7 heteroatoms. The number of nitrogens with zero attached hydrogens (tertiary/aromatic N) is 6. The maximum Gasteiger partial charge on any atom is 0.245 e. The molecule has 4 heterocycles. The summed E-state index contributed by atoms with van der Waals surface area (Å²) in [4.78, 5) is 12.0. The Morgan fingerprint density at radius 2 is 1.93 bits per heavy atom. The summed E-state index contributed by atoms with van der Waals surface area (Å²) in [6, 6.07) is 7.15. The van der Waals surface area contributed by atoms with Gasteiger partial charge in [0.2, 0.25) is 5.95 Å². The van der Waals surface area contributed by atoms with Crippen molar-refractivity contribution >= 4 is 5.95 Å². The fourth-order valence-electron chi connectivity index (χ4n) is 4.34. The highest BCUT2D eigenvalue weighted by Crippen LogP contribution is 2.31. The second kappa shape index (κ2) is 6.80. The standard InChI is InChI=1S/C20H28N6O/c1-15(17-4-3-16-5-12-27-18(16)13-17)24-7-9-25(10-8-24)20-21-19-14-23(2)6-11-26(19)22-20/h3-4,13,15H,5-12,14H2,1-2H3. The number of hydrogen-bond donors (Lipinski definition) is 0. The van der Waals surface area contributed by atoms with Gasteiger partial charge in [-0.1, -0.05) is 12.1 Å². The van der Waals surface area contributed by atoms with Gasteiger partial charge in [0.25, 0.3) is 0 Å². The van der Waals surface area contributed by atoms with Crippen LogP contribution in [0.15, 0.2) is 18.2 Å². The lowest BCUT2D eigenvalue weighted by atomic mass is 10.0. The van der Waals surface area contributed by atoms with Crippen molar-refractivity contribution in [2.45, 2.75) is 32.5 Å². The van der Waals surface area contributed by atoms with Crippen LogP contribution in [0.5, 0.6) is 5.75 Å². The lowest BCUT2D eigenvalue weighted by molar-refractivity contribution is 0.197. The van der Waals surface area contributed by atoms with E-state index in [2.05, 4.69) is 51.6 Å². The summed E-state index contributed by atoms with van der Waals surface area (Å²) in [5.74, 6) is 3.07. The molecule has 27 heavy (non-hydrogen) atoms. The predicted octanol–water partition coefficient (Wildman–Crippen LogP) is 1.54. The smallest absolute Gasteiger partial charge is 0.245 e. The van der Waals surface area contributed by atoms with Gasteiger partial charge >= 0.3 is 0 Å². The van der Waals surface area contributed by atoms with Crippen LogP contribution in [0, 0.1) is 0 Å². The molecular formula is C20H28N6O. The molecule has 0 aliphatic carbocycles. The maximum absolute atomic E-state index is 5.75. The normalized spacial score (nSPS) is 21.6. The van der Waals surface area contributed by atoms with Crippen LogP contribution in [0.3, 0.4) is 0 Å². The van der Waals surface area contributed by atoms with Crippen LogP contribution in [0.4, 0.5) is 5.95 Å². The molecule has 1 atom stereocenters. The van der Waals surface area contributed by atoms with E-state index in [4.69, 9.17) is 14.8 Å². The summed E-state index contributed by atoms with van der Waals surface area (Å²) >= 11 is 0. The van der Waals surface area contributed by atoms with Crippen molar-refractivity contribution < 1.29 is 4.74 Å². The number of ether oxygens (including phenoxy) is 1. The van der Waals surface area contributed by atoms with Gasteiger partial charge in [-0.3, -0.25) is 9.80 Å². The van der Waals surface area contributed by atoms with Gasteiger partial charge in [-0.15, -0.1) is 5.10 Å². The molecule has 0 saturated carbocycles. The van der Waals surface area contributed by atoms with E-state index in [1.165, 1.54) is 11.1 Å². The number of aromatic nitrogens is 3. The van der Waals surface area contributed by atoms with E-state index in [1.54, 1.807) is 0 Å². The number of anilines is 1. The molecule has 0 amide bonds. The van der Waals surface area contributed by atoms with E-state index in [0.29, 0.717) is 6.04 Å². The van der Waals surface area contributed by atoms with Gasteiger partial charge in [0.1, 0.15) is 11.6 Å². The molecular weight excluding hydrogens is 340 g/mol. The average molecular weight is 368 g/mol. The Morgan fingerprint density at radius 1 is 1.07 bits per heavy atom. The average Bonchev–Trinajstić information content (AvgIpc) is 3.33. The lowest BCUT2D eigenvalue weighted by Gasteiger charge is -2.37. The summed E-state index contributed by atoms with van der Waals surface area (Å²) in [6.07, 6.45) is 1.04. The Bertz CT molecular complexity index is 826. The molecule has 3 aliphatic heterocycles. The van der Waals surface area contributed by atoms with Crippen molar-refractivity contribution in [2.75, 3.05) is 51.3 Å². The number of rotatable bonds is 3. The summed E-state index contributed by atoms with van der Waals surface area (Å²) in [7, 11) is 2.14. The first-order valence-electron chi connectivity index (χ1n) is 10.0. The summed E-state index contributed by atoms with van der Waals surface area (Å²) < 4.78 is 7.83. The van der Waals surface area contributed by atoms with Crippen molar-refractivity contribution in [2.24, 2.45) is 0 Å². The van der Waals surface area contributed by atoms with Crippen LogP contribution in [0.25, 0.3) is 0 Å². The largest absolute Gasteiger partial charge is 0.493 e. The number of hydrogen-bond acceptors (Lipinski definition) is 6. The van der Waals surface area contributed by atoms with E-state index in [9.17, 15) is 0 Å². The molecule has 144 valence electrons. The van der Waals surface area contributed by atoms with E-state index >= 15 is 0 Å². The second-order valence-electron chi connectivity index (χ2n) is 7.95. The molecule has 1 saturated heterocycles. The Labute approximate surface area is 160 Å². The first-order valence-corrected chi connectivity index (χ1v) is 10.0. The van der Waals surface area contributed by atoms with E-state index in [1.807, 2.05) is 0 Å². The molecule has 0 bridgehead atoms. The van der Waals surface area contributed by atoms with Crippen LogP contribution < -0.4 is 9.64 Å². The maximum atomic E-state index is 5.75. The minimum Gasteiger partial charge on any atom is -0.493 e. The first kappa shape index (κ1) is 17.0. The van der Waals surface area contributed by atoms with Gasteiger partial charge in [0.05, 0.1) is 19.7 Å². The molecule has 1 unspecified atom stereocenters. The molecule has 0 N–H and O–H groups in total. The summed E-state index contributed by atoms with van der Waals surface area (Å²) in [5, 5.41) is 4.75. The third-order valence-electron chi connectivity index (χ3n) is 6.19. The SMILES string of the molecule is CC(c1ccc2c(c1)OCC2)N1CCN(c2nc3n(n2)CCN(C)C3)CC1. The minimum atomic E-state index is 0.401. The molecule has 3 aliphatic rings. The van der Waals surface area contributed by atoms with Crippen LogP contribution in [-0.2, 0) is 19.5 Å². The quantitative estimate of drug-likeness (QED) is 0.819. The van der Waals surface area contributed by atoms with Gasteiger partial charge in [-0.25, -0.2) is 4.68 Å². The number of fused-ring (bicyclic) bond motifs is 2. The Balaban J connectivity index is 1.24. The van der Waals surface area contributed by atoms with Crippen LogP contribution >= 0.6 is 0 Å². The summed E-state index contributed by atoms with van der Waals surface area (Å²) in [6.45, 7) is 10.0. The third-order valence-corrected chi connectivity index (χ3v) is 6.19. The van der Waals surface area contributed by atoms with Gasteiger partial charge < -0.3 is 9.64 Å². The number of piperazine rings is 1. The van der Waals surface area contributed by atoms with Crippen molar-refractivity contribution in [3.05, 3.63) is 35.2 Å². The molecule has 5 rings (SSSR count). The number of likely N-dealkylation sites (N-methyl/N-ethyl adjacent to an activating group) is 1. The van der Waals surface area contributed by atoms with Gasteiger partial charge in [-0.2, -0.15) is 4.98 Å². The van der Waals surface area contributed by atoms with Crippen LogP contribution in [0.1, 0.15) is 29.9 Å². The minimum absolute atomic E-state index is 0.401. The van der Waals surface area contributed by atoms with Crippen LogP contribution in [0.2, 0.25) is 0 Å². The lowest BCUT2D eigenvalue weighted by Crippen LogP contribution is -2.47. The van der Waals surface area contributed by atoms with Crippen molar-refractivity contribution in [3.63, 3.8) is 0 Å². The Kier molecular flexibility index (Phi) is 4.28. The fraction of sp³-hybridized carbons (Fsp3) is 0.600. The van der Waals surface area contributed by atoms with Crippen molar-refractivity contribution in [3.8, 4) is 5.75 Å². The van der Waals surface area contributed by atoms with Crippen LogP contribution in [-0.4, -0.2) is 70.9 Å². The Hall–Kier alpha value is -2.12. The van der Waals surface area contributed by atoms with Gasteiger partial charge in [-0.05, 0) is 31.2 Å². The zero-order chi connectivity index (χ0) is 18.4. The number of benzene rings is 1. The van der Waals surface area contributed by atoms with E-state index in [0.717, 1.165) is 76.4 Å². The molecule has 1 aromatic carbocycles. The highest BCUT2D eigenvalue weighted by atomic mass is 16.5. The second-order valence-corrected chi connectivity index (χ2v) is 7.95. The highest BCUT2D eigenvalue weighted by molar-refractivity contribution is 5.41. The third kappa shape index (κ3) is 3.19. The van der Waals surface area contributed by atoms with Crippen molar-refractivity contribution in [1.82, 2.24) is 24.6 Å². The van der Waals surface area contributed by atoms with E-state index in [-0.39, 0.29) is 0 Å². The van der Waals surface area contributed by atoms with E-state index < -0.39 is 0 Å². The highest BCUT2D eigenvalue weighted by Gasteiger charge is 2.26. The molecule has 0 spiro atoms. The monoisotopic (exact) mass is 368 g/mol. The summed E-state index contributed by atoms with van der Waals surface area (Å²) in [5.41, 5.74) is 2.69. The van der Waals surface area contributed by atoms with Gasteiger partial charge in [0, 0.05) is 45.2 Å². The zero-order valence-corrected chi connectivity index (χ0v) is 16.3. The fourth-order valence-corrected chi connectivity index (χ4v) is 4.34. The first-order chi connectivity index (χ1) is 13.2. The molecule has 2 aromatic rings. The molecule has 1 fully saturated rings. The topological polar surface area (TPSA) is 49.7 Å². The van der Waals surface area contributed by atoms with Crippen molar-refractivity contribution in [1.29, 1.82) is 0 Å². The molecule has 7 nitrogen and oxygen atoms in total. The predicted molar refractivity (Wildman–Crippen MR) is 104 cm³/mol.